The van der Waals surface area contributed by atoms with Crippen molar-refractivity contribution < 1.29 is 4.74 Å². The van der Waals surface area contributed by atoms with Gasteiger partial charge in [-0.15, -0.1) is 0 Å². The first-order valence-electron chi connectivity index (χ1n) is 5.23. The first-order valence-corrected chi connectivity index (χ1v) is 5.23. The first kappa shape index (κ1) is 10.0. The normalized spacial score (nSPS) is 20.3. The van der Waals surface area contributed by atoms with Crippen LogP contribution in [0.4, 0.5) is 5.69 Å². The average Bonchev–Trinajstić information content (AvgIpc) is 2.17. The second-order valence-corrected chi connectivity index (χ2v) is 4.06. The van der Waals surface area contributed by atoms with Gasteiger partial charge in [0.2, 0.25) is 0 Å². The number of hydrogen-bond acceptors (Lipinski definition) is 2. The third-order valence-corrected chi connectivity index (χ3v) is 2.47. The van der Waals surface area contributed by atoms with Gasteiger partial charge in [-0.25, -0.2) is 4.99 Å². The Bertz CT molecular complexity index is 396. The van der Waals surface area contributed by atoms with Gasteiger partial charge in [0.1, 0.15) is 5.60 Å². The first-order chi connectivity index (χ1) is 7.13. The third-order valence-electron chi connectivity index (χ3n) is 2.47. The Labute approximate surface area is 90.2 Å². The Balaban J connectivity index is 2.44. The Kier molecular flexibility index (Phi) is 2.39. The molecule has 0 aliphatic carbocycles. The molecule has 0 atom stereocenters. The van der Waals surface area contributed by atoms with E-state index < -0.39 is 0 Å². The molecule has 1 aromatic carbocycles. The molecule has 0 fully saturated rings. The van der Waals surface area contributed by atoms with Crippen LogP contribution in [0.5, 0.6) is 0 Å². The summed E-state index contributed by atoms with van der Waals surface area (Å²) in [6.07, 6.45) is 0. The van der Waals surface area contributed by atoms with Crippen molar-refractivity contribution in [3.63, 3.8) is 0 Å². The minimum atomic E-state index is -0.310. The minimum Gasteiger partial charge on any atom is -0.454 e. The van der Waals surface area contributed by atoms with Crippen LogP contribution in [0.3, 0.4) is 0 Å². The lowest BCUT2D eigenvalue weighted by Gasteiger charge is -2.34. The molecular formula is C12H16N2O. The molecule has 0 bridgehead atoms. The maximum Gasteiger partial charge on any atom is 0.290 e. The van der Waals surface area contributed by atoms with Crippen LogP contribution >= 0.6 is 0 Å². The number of hydrogen-bond donors (Lipinski definition) is 1. The molecule has 3 nitrogen and oxygen atoms in total. The fourth-order valence-electron chi connectivity index (χ4n) is 1.77. The molecule has 1 heterocycles. The molecule has 0 amide bonds. The van der Waals surface area contributed by atoms with E-state index in [1.54, 1.807) is 0 Å². The lowest BCUT2D eigenvalue weighted by molar-refractivity contribution is 0.0892. The van der Waals surface area contributed by atoms with Gasteiger partial charge < -0.3 is 10.1 Å². The van der Waals surface area contributed by atoms with Gasteiger partial charge in [-0.3, -0.25) is 0 Å². The second-order valence-electron chi connectivity index (χ2n) is 4.06. The second kappa shape index (κ2) is 3.57. The van der Waals surface area contributed by atoms with E-state index in [4.69, 9.17) is 4.74 Å². The van der Waals surface area contributed by atoms with Crippen LogP contribution in [0.2, 0.25) is 0 Å². The van der Waals surface area contributed by atoms with E-state index >= 15 is 0 Å². The van der Waals surface area contributed by atoms with E-state index in [-0.39, 0.29) is 5.60 Å². The van der Waals surface area contributed by atoms with Crippen molar-refractivity contribution in [1.29, 1.82) is 0 Å². The van der Waals surface area contributed by atoms with Crippen LogP contribution in [0.15, 0.2) is 29.3 Å². The highest BCUT2D eigenvalue weighted by Crippen LogP contribution is 2.34. The van der Waals surface area contributed by atoms with Crippen molar-refractivity contribution in [1.82, 2.24) is 0 Å². The molecule has 0 aromatic heterocycles. The zero-order valence-corrected chi connectivity index (χ0v) is 9.37. The van der Waals surface area contributed by atoms with Crippen molar-refractivity contribution in [3.05, 3.63) is 29.8 Å². The molecule has 1 N–H and O–H groups in total. The highest BCUT2D eigenvalue weighted by molar-refractivity contribution is 5.92. The van der Waals surface area contributed by atoms with E-state index in [9.17, 15) is 0 Å². The molecule has 1 aromatic rings. The number of aliphatic imine (C=N–C) groups is 1. The molecule has 1 aliphatic rings. The standard InChI is InChI=1S/C12H16N2O/c1-4-13-11-14-10-8-6-5-7-9(10)12(2,3)15-11/h5-8H,4H2,1-3H3,(H,13,14). The number of rotatable bonds is 1. The van der Waals surface area contributed by atoms with Crippen LogP contribution in [0, 0.1) is 0 Å². The van der Waals surface area contributed by atoms with Crippen LogP contribution in [0.1, 0.15) is 26.3 Å². The average molecular weight is 204 g/mol. The predicted molar refractivity (Wildman–Crippen MR) is 62.2 cm³/mol. The maximum absolute atomic E-state index is 5.78. The number of fused-ring (bicyclic) bond motifs is 1. The van der Waals surface area contributed by atoms with Crippen LogP contribution in [-0.2, 0) is 10.3 Å². The zero-order chi connectivity index (χ0) is 10.9. The molecular weight excluding hydrogens is 188 g/mol. The molecule has 0 unspecified atom stereocenters. The van der Waals surface area contributed by atoms with Gasteiger partial charge in [0.15, 0.2) is 0 Å². The molecule has 0 saturated carbocycles. The molecule has 1 aliphatic heterocycles. The number of anilines is 1. The Morgan fingerprint density at radius 3 is 2.80 bits per heavy atom. The lowest BCUT2D eigenvalue weighted by Crippen LogP contribution is -2.35. The Morgan fingerprint density at radius 2 is 2.07 bits per heavy atom. The smallest absolute Gasteiger partial charge is 0.290 e. The summed E-state index contributed by atoms with van der Waals surface area (Å²) in [6.45, 7) is 6.82. The lowest BCUT2D eigenvalue weighted by atomic mass is 9.95. The summed E-state index contributed by atoms with van der Waals surface area (Å²) >= 11 is 0. The number of para-hydroxylation sites is 1. The molecule has 0 spiro atoms. The summed E-state index contributed by atoms with van der Waals surface area (Å²) in [5.74, 6) is 0. The number of nitrogens with one attached hydrogen (secondary N) is 1. The van der Waals surface area contributed by atoms with Crippen molar-refractivity contribution in [2.75, 3.05) is 11.9 Å². The Hall–Kier alpha value is -1.51. The van der Waals surface area contributed by atoms with Gasteiger partial charge in [0.05, 0.1) is 0 Å². The van der Waals surface area contributed by atoms with Crippen molar-refractivity contribution in [3.8, 4) is 0 Å². The zero-order valence-electron chi connectivity index (χ0n) is 9.37. The number of amidine groups is 1. The highest BCUT2D eigenvalue weighted by Gasteiger charge is 2.31. The van der Waals surface area contributed by atoms with Crippen LogP contribution in [0.25, 0.3) is 0 Å². The Morgan fingerprint density at radius 1 is 1.33 bits per heavy atom. The molecule has 2 rings (SSSR count). The van der Waals surface area contributed by atoms with Gasteiger partial charge in [0.25, 0.3) is 6.02 Å². The van der Waals surface area contributed by atoms with E-state index in [1.165, 1.54) is 5.56 Å². The van der Waals surface area contributed by atoms with Crippen LogP contribution < -0.4 is 5.32 Å². The van der Waals surface area contributed by atoms with Gasteiger partial charge >= 0.3 is 0 Å². The van der Waals surface area contributed by atoms with Crippen molar-refractivity contribution in [2.45, 2.75) is 26.4 Å². The predicted octanol–water partition coefficient (Wildman–Crippen LogP) is 2.74. The highest BCUT2D eigenvalue weighted by atomic mass is 16.5. The van der Waals surface area contributed by atoms with Gasteiger partial charge in [-0.1, -0.05) is 18.2 Å². The van der Waals surface area contributed by atoms with Gasteiger partial charge in [-0.2, -0.15) is 0 Å². The van der Waals surface area contributed by atoms with E-state index in [0.717, 1.165) is 12.2 Å². The molecule has 0 saturated heterocycles. The molecule has 80 valence electrons. The van der Waals surface area contributed by atoms with Crippen molar-refractivity contribution >= 4 is 11.7 Å². The van der Waals surface area contributed by atoms with E-state index in [2.05, 4.69) is 30.2 Å². The summed E-state index contributed by atoms with van der Waals surface area (Å²) in [5.41, 5.74) is 1.94. The summed E-state index contributed by atoms with van der Waals surface area (Å²) in [5, 5.41) is 3.18. The molecule has 15 heavy (non-hydrogen) atoms. The summed E-state index contributed by atoms with van der Waals surface area (Å²) in [7, 11) is 0. The fraction of sp³-hybridized carbons (Fsp3) is 0.417. The number of ether oxygens (including phenoxy) is 1. The number of benzene rings is 1. The monoisotopic (exact) mass is 204 g/mol. The fourth-order valence-corrected chi connectivity index (χ4v) is 1.77. The summed E-state index contributed by atoms with van der Waals surface area (Å²) < 4.78 is 5.78. The largest absolute Gasteiger partial charge is 0.454 e. The molecule has 3 heteroatoms. The van der Waals surface area contributed by atoms with Crippen molar-refractivity contribution in [2.24, 2.45) is 4.99 Å². The van der Waals surface area contributed by atoms with Gasteiger partial charge in [0, 0.05) is 17.8 Å². The third kappa shape index (κ3) is 1.82. The SMILES string of the molecule is CCN=C1Nc2ccccc2C(C)(C)O1. The molecule has 0 radical (unpaired) electrons. The summed E-state index contributed by atoms with van der Waals surface area (Å²) in [4.78, 5) is 4.26. The number of nitrogens with zero attached hydrogens (tertiary/aromatic N) is 1. The summed E-state index contributed by atoms with van der Waals surface area (Å²) in [6, 6.07) is 8.77. The topological polar surface area (TPSA) is 33.6 Å². The van der Waals surface area contributed by atoms with E-state index in [1.807, 2.05) is 25.1 Å². The maximum atomic E-state index is 5.78. The van der Waals surface area contributed by atoms with Gasteiger partial charge in [-0.05, 0) is 26.8 Å². The van der Waals surface area contributed by atoms with Crippen LogP contribution in [-0.4, -0.2) is 12.6 Å². The minimum absolute atomic E-state index is 0.310. The van der Waals surface area contributed by atoms with E-state index in [0.29, 0.717) is 6.02 Å². The quantitative estimate of drug-likeness (QED) is 0.763.